The summed E-state index contributed by atoms with van der Waals surface area (Å²) in [5, 5.41) is 8.05. The largest absolute Gasteiger partial charge is 0.357 e. The number of hydrogen-bond acceptors (Lipinski definition) is 6. The molecule has 4 aromatic heterocycles. The van der Waals surface area contributed by atoms with Crippen LogP contribution in [0.2, 0.25) is 0 Å². The molecule has 6 atom stereocenters. The monoisotopic (exact) mass is 856 g/mol. The molecule has 6 aromatic rings. The SMILES string of the molecule is C[C@H](NC(=O)[C@@H]1CC[C@@H](c2ccccc2)C1)C(=O)CCc1cc2c(Br)cncc2[nH]1.C[C@H](NC(=O)[C@@H]1CC[C@@H](c2ccccc2)C1)C(=O)CCc1cc2ccncc2[nH]1. The van der Waals surface area contributed by atoms with Gasteiger partial charge in [0, 0.05) is 63.7 Å². The Morgan fingerprint density at radius 2 is 1.17 bits per heavy atom. The number of aromatic amines is 2. The number of H-pyrrole nitrogens is 2. The molecule has 2 amide bonds. The van der Waals surface area contributed by atoms with Gasteiger partial charge in [-0.05, 0) is 122 Å². The molecule has 2 aromatic carbocycles. The number of fused-ring (bicyclic) bond motifs is 2. The molecule has 0 radical (unpaired) electrons. The van der Waals surface area contributed by atoms with E-state index in [1.54, 1.807) is 38.6 Å². The molecule has 59 heavy (non-hydrogen) atoms. The average molecular weight is 858 g/mol. The van der Waals surface area contributed by atoms with Crippen LogP contribution in [0.3, 0.4) is 0 Å². The Morgan fingerprint density at radius 3 is 1.69 bits per heavy atom. The third-order valence-corrected chi connectivity index (χ3v) is 12.8. The van der Waals surface area contributed by atoms with Crippen molar-refractivity contribution in [2.75, 3.05) is 0 Å². The molecule has 0 spiro atoms. The first kappa shape index (κ1) is 41.7. The fourth-order valence-corrected chi connectivity index (χ4v) is 9.09. The Kier molecular flexibility index (Phi) is 13.8. The lowest BCUT2D eigenvalue weighted by atomic mass is 9.96. The van der Waals surface area contributed by atoms with Crippen LogP contribution in [0.15, 0.2) is 108 Å². The smallest absolute Gasteiger partial charge is 0.223 e. The fourth-order valence-electron chi connectivity index (χ4n) is 8.64. The van der Waals surface area contributed by atoms with Crippen molar-refractivity contribution in [3.8, 4) is 0 Å². The van der Waals surface area contributed by atoms with Gasteiger partial charge in [-0.1, -0.05) is 60.7 Å². The van der Waals surface area contributed by atoms with Gasteiger partial charge in [0.05, 0.1) is 35.5 Å². The number of pyridine rings is 2. The molecule has 0 bridgehead atoms. The number of benzene rings is 2. The summed E-state index contributed by atoms with van der Waals surface area (Å²) >= 11 is 3.49. The van der Waals surface area contributed by atoms with E-state index in [1.165, 1.54) is 11.1 Å². The van der Waals surface area contributed by atoms with Crippen LogP contribution in [0, 0.1) is 11.8 Å². The van der Waals surface area contributed by atoms with E-state index in [-0.39, 0.29) is 35.2 Å². The Bertz CT molecular complexity index is 2340. The standard InChI is InChI=1S/C24H26BrN3O2.C24H27N3O2/c1-15(23(29)10-9-19-12-20-21(25)13-26-14-22(20)28-19)27-24(30)18-8-7-17(11-18)16-5-3-2-4-6-16;1-16(23(28)10-9-21-14-19-11-12-25-15-22(19)27-21)26-24(29)20-8-7-18(13-20)17-5-3-2-4-6-17/h2-6,12-15,17-18,28H,7-11H2,1H3,(H,27,30);2-6,11-12,14-16,18,20,27H,7-10,13H2,1H3,(H,26,29)/t15-,17+,18+;16-,18+,20+/m00/s1. The van der Waals surface area contributed by atoms with Gasteiger partial charge in [0.1, 0.15) is 0 Å². The molecule has 0 saturated heterocycles. The highest BCUT2D eigenvalue weighted by Crippen LogP contribution is 2.39. The van der Waals surface area contributed by atoms with E-state index in [9.17, 15) is 19.2 Å². The van der Waals surface area contributed by atoms with Crippen LogP contribution in [0.25, 0.3) is 21.8 Å². The maximum atomic E-state index is 12.7. The maximum Gasteiger partial charge on any atom is 0.223 e. The summed E-state index contributed by atoms with van der Waals surface area (Å²) in [6.07, 6.45) is 14.6. The van der Waals surface area contributed by atoms with E-state index in [2.05, 4.69) is 76.8 Å². The first-order valence-corrected chi connectivity index (χ1v) is 21.7. The van der Waals surface area contributed by atoms with Crippen molar-refractivity contribution in [1.29, 1.82) is 0 Å². The summed E-state index contributed by atoms with van der Waals surface area (Å²) in [6.45, 7) is 3.58. The Labute approximate surface area is 353 Å². The second kappa shape index (κ2) is 19.6. The fraction of sp³-hybridized carbons (Fsp3) is 0.375. The van der Waals surface area contributed by atoms with Crippen molar-refractivity contribution < 1.29 is 19.2 Å². The van der Waals surface area contributed by atoms with Gasteiger partial charge in [0.15, 0.2) is 11.6 Å². The molecule has 2 aliphatic carbocycles. The molecule has 8 rings (SSSR count). The third-order valence-electron chi connectivity index (χ3n) is 12.1. The predicted molar refractivity (Wildman–Crippen MR) is 235 cm³/mol. The van der Waals surface area contributed by atoms with Crippen molar-refractivity contribution in [2.45, 2.75) is 102 Å². The van der Waals surface area contributed by atoms with E-state index in [0.29, 0.717) is 37.5 Å². The first-order chi connectivity index (χ1) is 28.6. The Morgan fingerprint density at radius 1 is 0.661 bits per heavy atom. The van der Waals surface area contributed by atoms with Gasteiger partial charge in [-0.2, -0.15) is 0 Å². The van der Waals surface area contributed by atoms with E-state index in [1.807, 2.05) is 48.5 Å². The molecule has 4 N–H and O–H groups in total. The van der Waals surface area contributed by atoms with Crippen molar-refractivity contribution in [3.05, 3.63) is 131 Å². The number of nitrogens with one attached hydrogen (secondary N) is 4. The number of halogens is 1. The number of carbonyl (C=O) groups is 4. The van der Waals surface area contributed by atoms with Crippen molar-refractivity contribution >= 4 is 61.1 Å². The molecule has 4 heterocycles. The summed E-state index contributed by atoms with van der Waals surface area (Å²) < 4.78 is 0.930. The lowest BCUT2D eigenvalue weighted by molar-refractivity contribution is -0.129. The highest BCUT2D eigenvalue weighted by atomic mass is 79.9. The number of aromatic nitrogens is 4. The molecule has 0 unspecified atom stereocenters. The van der Waals surface area contributed by atoms with Crippen molar-refractivity contribution in [3.63, 3.8) is 0 Å². The molecule has 0 aliphatic heterocycles. The minimum absolute atomic E-state index is 0.00309. The van der Waals surface area contributed by atoms with E-state index in [0.717, 1.165) is 76.2 Å². The van der Waals surface area contributed by atoms with E-state index < -0.39 is 12.1 Å². The van der Waals surface area contributed by atoms with Gasteiger partial charge >= 0.3 is 0 Å². The number of amides is 2. The lowest BCUT2D eigenvalue weighted by Crippen LogP contribution is -2.41. The molecule has 10 nitrogen and oxygen atoms in total. The number of Topliss-reactive ketones (excluding diaryl/α,β-unsaturated/α-hetero) is 2. The minimum atomic E-state index is -0.467. The third kappa shape index (κ3) is 10.8. The van der Waals surface area contributed by atoms with Crippen LogP contribution in [-0.4, -0.2) is 55.4 Å². The minimum Gasteiger partial charge on any atom is -0.357 e. The van der Waals surface area contributed by atoms with Crippen molar-refractivity contribution in [2.24, 2.45) is 11.8 Å². The number of aryl methyl sites for hydroxylation is 2. The second-order valence-corrected chi connectivity index (χ2v) is 17.1. The normalized spacial score (nSPS) is 19.8. The van der Waals surface area contributed by atoms with Crippen LogP contribution < -0.4 is 10.6 Å². The van der Waals surface area contributed by atoms with Gasteiger partial charge < -0.3 is 20.6 Å². The number of carbonyl (C=O) groups excluding carboxylic acids is 4. The Hall–Kier alpha value is -5.42. The molecule has 2 fully saturated rings. The molecule has 2 aliphatic rings. The van der Waals surface area contributed by atoms with Gasteiger partial charge in [-0.3, -0.25) is 29.1 Å². The number of nitrogens with zero attached hydrogens (tertiary/aromatic N) is 2. The van der Waals surface area contributed by atoms with Gasteiger partial charge in [0.2, 0.25) is 11.8 Å². The van der Waals surface area contributed by atoms with Crippen LogP contribution in [0.4, 0.5) is 0 Å². The van der Waals surface area contributed by atoms with Crippen LogP contribution in [0.5, 0.6) is 0 Å². The maximum absolute atomic E-state index is 12.7. The predicted octanol–water partition coefficient (Wildman–Crippen LogP) is 9.07. The van der Waals surface area contributed by atoms with Crippen molar-refractivity contribution in [1.82, 2.24) is 30.6 Å². The molecule has 11 heteroatoms. The highest BCUT2D eigenvalue weighted by Gasteiger charge is 2.33. The topological polar surface area (TPSA) is 150 Å². The molecular weight excluding hydrogens is 804 g/mol. The zero-order chi connectivity index (χ0) is 41.3. The summed E-state index contributed by atoms with van der Waals surface area (Å²) in [7, 11) is 0. The Balaban J connectivity index is 0.000000179. The quantitative estimate of drug-likeness (QED) is 0.0859. The van der Waals surface area contributed by atoms with Gasteiger partial charge in [-0.15, -0.1) is 0 Å². The zero-order valence-corrected chi connectivity index (χ0v) is 35.3. The summed E-state index contributed by atoms with van der Waals surface area (Å²) in [5.74, 6) is 0.999. The molecule has 306 valence electrons. The lowest BCUT2D eigenvalue weighted by Gasteiger charge is -2.16. The van der Waals surface area contributed by atoms with Gasteiger partial charge in [-0.25, -0.2) is 0 Å². The molecular formula is C48H53BrN6O4. The summed E-state index contributed by atoms with van der Waals surface area (Å²) in [6, 6.07) is 25.9. The highest BCUT2D eigenvalue weighted by molar-refractivity contribution is 9.10. The van der Waals surface area contributed by atoms with Crippen LogP contribution >= 0.6 is 15.9 Å². The number of ketones is 2. The van der Waals surface area contributed by atoms with Crippen LogP contribution in [-0.2, 0) is 32.0 Å². The summed E-state index contributed by atoms with van der Waals surface area (Å²) in [5.41, 5.74) is 6.54. The zero-order valence-electron chi connectivity index (χ0n) is 33.8. The van der Waals surface area contributed by atoms with E-state index in [4.69, 9.17) is 0 Å². The average Bonchev–Trinajstić information content (AvgIpc) is 4.09. The summed E-state index contributed by atoms with van der Waals surface area (Å²) in [4.78, 5) is 65.3. The number of hydrogen-bond donors (Lipinski definition) is 4. The molecule has 2 saturated carbocycles. The van der Waals surface area contributed by atoms with Crippen LogP contribution in [0.1, 0.15) is 99.6 Å². The van der Waals surface area contributed by atoms with E-state index >= 15 is 0 Å². The number of rotatable bonds is 14. The second-order valence-electron chi connectivity index (χ2n) is 16.3. The first-order valence-electron chi connectivity index (χ1n) is 20.9. The van der Waals surface area contributed by atoms with Gasteiger partial charge in [0.25, 0.3) is 0 Å².